The van der Waals surface area contributed by atoms with E-state index in [1.807, 2.05) is 79.7 Å². The van der Waals surface area contributed by atoms with Crippen molar-refractivity contribution in [2.75, 3.05) is 0 Å². The molecule has 0 fully saturated rings. The monoisotopic (exact) mass is 415 g/mol. The number of aromatic nitrogens is 4. The number of nitrogens with one attached hydrogen (secondary N) is 2. The fourth-order valence-corrected chi connectivity index (χ4v) is 3.54. The number of H-pyrrole nitrogens is 1. The Morgan fingerprint density at radius 1 is 1.10 bits per heavy atom. The number of aromatic amines is 1. The molecule has 0 bridgehead atoms. The SMILES string of the molecule is Cc1cccc(-c2n[nH]c(=S)n2CC(=O)NC(c2ccccc2)c2ccccn2)c1. The van der Waals surface area contributed by atoms with Crippen molar-refractivity contribution < 1.29 is 4.79 Å². The van der Waals surface area contributed by atoms with Gasteiger partial charge < -0.3 is 5.32 Å². The minimum absolute atomic E-state index is 0.0504. The van der Waals surface area contributed by atoms with Crippen LogP contribution < -0.4 is 5.32 Å². The molecule has 4 rings (SSSR count). The maximum atomic E-state index is 13.0. The zero-order valence-electron chi connectivity index (χ0n) is 16.4. The van der Waals surface area contributed by atoms with Gasteiger partial charge >= 0.3 is 0 Å². The average molecular weight is 416 g/mol. The van der Waals surface area contributed by atoms with Crippen LogP contribution in [0.5, 0.6) is 0 Å². The van der Waals surface area contributed by atoms with Crippen molar-refractivity contribution in [1.29, 1.82) is 0 Å². The number of amides is 1. The van der Waals surface area contributed by atoms with Crippen LogP contribution in [-0.2, 0) is 11.3 Å². The minimum atomic E-state index is -0.358. The molecule has 150 valence electrons. The Hall–Kier alpha value is -3.58. The van der Waals surface area contributed by atoms with Crippen LogP contribution in [0.2, 0.25) is 0 Å². The summed E-state index contributed by atoms with van der Waals surface area (Å²) in [7, 11) is 0. The van der Waals surface area contributed by atoms with Gasteiger partial charge in [-0.15, -0.1) is 0 Å². The van der Waals surface area contributed by atoms with E-state index in [9.17, 15) is 4.79 Å². The molecule has 7 heteroatoms. The molecule has 4 aromatic rings. The number of carbonyl (C=O) groups excluding carboxylic acids is 1. The third-order valence-electron chi connectivity index (χ3n) is 4.76. The average Bonchev–Trinajstić information content (AvgIpc) is 3.13. The summed E-state index contributed by atoms with van der Waals surface area (Å²) in [6.45, 7) is 2.06. The molecular formula is C23H21N5OS. The zero-order valence-corrected chi connectivity index (χ0v) is 17.3. The molecule has 2 heterocycles. The maximum absolute atomic E-state index is 13.0. The van der Waals surface area contributed by atoms with Gasteiger partial charge in [0.1, 0.15) is 6.54 Å². The predicted molar refractivity (Wildman–Crippen MR) is 118 cm³/mol. The van der Waals surface area contributed by atoms with Gasteiger partial charge in [0.2, 0.25) is 5.91 Å². The summed E-state index contributed by atoms with van der Waals surface area (Å²) in [5, 5.41) is 10.2. The number of nitrogens with zero attached hydrogens (tertiary/aromatic N) is 3. The third-order valence-corrected chi connectivity index (χ3v) is 5.07. The van der Waals surface area contributed by atoms with E-state index in [4.69, 9.17) is 12.2 Å². The van der Waals surface area contributed by atoms with Crippen molar-refractivity contribution in [2.24, 2.45) is 0 Å². The molecule has 30 heavy (non-hydrogen) atoms. The van der Waals surface area contributed by atoms with E-state index in [2.05, 4.69) is 20.5 Å². The highest BCUT2D eigenvalue weighted by Gasteiger charge is 2.19. The highest BCUT2D eigenvalue weighted by Crippen LogP contribution is 2.21. The van der Waals surface area contributed by atoms with Crippen molar-refractivity contribution in [1.82, 2.24) is 25.1 Å². The minimum Gasteiger partial charge on any atom is -0.342 e. The number of carbonyl (C=O) groups is 1. The molecule has 2 aromatic heterocycles. The fraction of sp³-hybridized carbons (Fsp3) is 0.130. The Bertz CT molecular complexity index is 1160. The van der Waals surface area contributed by atoms with Crippen LogP contribution in [0.3, 0.4) is 0 Å². The maximum Gasteiger partial charge on any atom is 0.240 e. The number of aryl methyl sites for hydroxylation is 1. The van der Waals surface area contributed by atoms with Crippen LogP contribution in [0.4, 0.5) is 0 Å². The van der Waals surface area contributed by atoms with E-state index in [-0.39, 0.29) is 18.5 Å². The summed E-state index contributed by atoms with van der Waals surface area (Å²) in [5.74, 6) is 0.453. The van der Waals surface area contributed by atoms with Gasteiger partial charge in [0.05, 0.1) is 11.7 Å². The first-order valence-corrected chi connectivity index (χ1v) is 10.00. The first kappa shape index (κ1) is 19.7. The second-order valence-corrected chi connectivity index (χ2v) is 7.36. The summed E-state index contributed by atoms with van der Waals surface area (Å²) in [4.78, 5) is 17.5. The number of hydrogen-bond acceptors (Lipinski definition) is 4. The third kappa shape index (κ3) is 4.36. The van der Waals surface area contributed by atoms with Crippen molar-refractivity contribution in [3.63, 3.8) is 0 Å². The Labute approximate surface area is 179 Å². The summed E-state index contributed by atoms with van der Waals surface area (Å²) < 4.78 is 2.11. The molecule has 0 saturated heterocycles. The summed E-state index contributed by atoms with van der Waals surface area (Å²) in [6, 6.07) is 23.0. The van der Waals surface area contributed by atoms with E-state index in [0.29, 0.717) is 10.6 Å². The molecule has 1 amide bonds. The Balaban J connectivity index is 1.61. The summed E-state index contributed by atoms with van der Waals surface area (Å²) >= 11 is 5.38. The Morgan fingerprint density at radius 3 is 2.63 bits per heavy atom. The number of hydrogen-bond donors (Lipinski definition) is 2. The smallest absolute Gasteiger partial charge is 0.240 e. The second kappa shape index (κ2) is 8.84. The molecule has 1 atom stereocenters. The van der Waals surface area contributed by atoms with Crippen LogP contribution in [0.15, 0.2) is 79.0 Å². The number of benzene rings is 2. The lowest BCUT2D eigenvalue weighted by atomic mass is 10.0. The molecule has 0 aliphatic rings. The number of rotatable bonds is 6. The number of pyridine rings is 1. The lowest BCUT2D eigenvalue weighted by Gasteiger charge is -2.19. The lowest BCUT2D eigenvalue weighted by Crippen LogP contribution is -2.33. The van der Waals surface area contributed by atoms with Crippen LogP contribution in [-0.4, -0.2) is 25.7 Å². The van der Waals surface area contributed by atoms with Gasteiger partial charge in [0.15, 0.2) is 10.6 Å². The largest absolute Gasteiger partial charge is 0.342 e. The van der Waals surface area contributed by atoms with Crippen LogP contribution in [0.25, 0.3) is 11.4 Å². The van der Waals surface area contributed by atoms with Crippen molar-refractivity contribution in [3.05, 3.63) is 101 Å². The topological polar surface area (TPSA) is 75.6 Å². The molecule has 0 aliphatic carbocycles. The lowest BCUT2D eigenvalue weighted by molar-refractivity contribution is -0.122. The molecule has 0 aliphatic heterocycles. The van der Waals surface area contributed by atoms with E-state index < -0.39 is 0 Å². The standard InChI is InChI=1S/C23H21N5OS/c1-16-8-7-11-18(14-16)22-26-27-23(30)28(22)15-20(29)25-21(17-9-3-2-4-10-17)19-12-5-6-13-24-19/h2-14,21H,15H2,1H3,(H,25,29)(H,27,30). The van der Waals surface area contributed by atoms with Crippen LogP contribution in [0, 0.1) is 11.7 Å². The van der Waals surface area contributed by atoms with Crippen molar-refractivity contribution >= 4 is 18.1 Å². The van der Waals surface area contributed by atoms with Gasteiger partial charge in [-0.1, -0.05) is 60.2 Å². The first-order chi connectivity index (χ1) is 14.6. The van der Waals surface area contributed by atoms with Crippen LogP contribution >= 0.6 is 12.2 Å². The molecule has 0 radical (unpaired) electrons. The fourth-order valence-electron chi connectivity index (χ4n) is 3.34. The molecule has 6 nitrogen and oxygen atoms in total. The highest BCUT2D eigenvalue weighted by atomic mass is 32.1. The van der Waals surface area contributed by atoms with Gasteiger partial charge in [0, 0.05) is 11.8 Å². The van der Waals surface area contributed by atoms with Gasteiger partial charge in [-0.05, 0) is 42.9 Å². The normalized spacial score (nSPS) is 11.8. The molecule has 2 aromatic carbocycles. The van der Waals surface area contributed by atoms with Gasteiger partial charge in [0.25, 0.3) is 0 Å². The van der Waals surface area contributed by atoms with Crippen molar-refractivity contribution in [3.8, 4) is 11.4 Å². The van der Waals surface area contributed by atoms with Crippen molar-refractivity contribution in [2.45, 2.75) is 19.5 Å². The molecule has 0 saturated carbocycles. The van der Waals surface area contributed by atoms with E-state index in [1.165, 1.54) is 0 Å². The van der Waals surface area contributed by atoms with E-state index in [0.717, 1.165) is 22.4 Å². The molecule has 1 unspecified atom stereocenters. The van der Waals surface area contributed by atoms with Gasteiger partial charge in [-0.3, -0.25) is 19.4 Å². The molecule has 2 N–H and O–H groups in total. The van der Waals surface area contributed by atoms with E-state index in [1.54, 1.807) is 10.8 Å². The Kier molecular flexibility index (Phi) is 5.81. The summed E-state index contributed by atoms with van der Waals surface area (Å²) in [6.07, 6.45) is 1.72. The first-order valence-electron chi connectivity index (χ1n) is 9.59. The Morgan fingerprint density at radius 2 is 1.90 bits per heavy atom. The zero-order chi connectivity index (χ0) is 20.9. The van der Waals surface area contributed by atoms with Crippen LogP contribution in [0.1, 0.15) is 22.9 Å². The molecular weight excluding hydrogens is 394 g/mol. The van der Waals surface area contributed by atoms with Gasteiger partial charge in [-0.25, -0.2) is 0 Å². The predicted octanol–water partition coefficient (Wildman–Crippen LogP) is 4.22. The van der Waals surface area contributed by atoms with E-state index >= 15 is 0 Å². The second-order valence-electron chi connectivity index (χ2n) is 6.97. The molecule has 0 spiro atoms. The highest BCUT2D eigenvalue weighted by molar-refractivity contribution is 7.71. The quantitative estimate of drug-likeness (QED) is 0.463. The van der Waals surface area contributed by atoms with Gasteiger partial charge in [-0.2, -0.15) is 5.10 Å². The summed E-state index contributed by atoms with van der Waals surface area (Å²) in [5.41, 5.74) is 3.74.